The number of rotatable bonds is 18. The van der Waals surface area contributed by atoms with Crippen molar-refractivity contribution in [2.75, 3.05) is 32.9 Å². The molecule has 0 aliphatic heterocycles. The van der Waals surface area contributed by atoms with E-state index < -0.39 is 8.80 Å². The summed E-state index contributed by atoms with van der Waals surface area (Å²) in [6, 6.07) is 31.9. The number of amides is 2. The maximum atomic E-state index is 12.1. The molecule has 12 nitrogen and oxygen atoms in total. The molecular weight excluding hydrogens is 846 g/mol. The molecule has 312 valence electrons. The van der Waals surface area contributed by atoms with E-state index in [0.29, 0.717) is 39.0 Å². The molecule has 0 spiro atoms. The third kappa shape index (κ3) is 18.1. The summed E-state index contributed by atoms with van der Waals surface area (Å²) < 4.78 is 17.5. The van der Waals surface area contributed by atoms with Crippen LogP contribution in [0.3, 0.4) is 0 Å². The molecule has 0 aliphatic rings. The molecule has 0 aliphatic carbocycles. The van der Waals surface area contributed by atoms with Crippen LogP contribution in [0.5, 0.6) is 0 Å². The van der Waals surface area contributed by atoms with E-state index in [1.54, 1.807) is 24.8 Å². The van der Waals surface area contributed by atoms with Crippen LogP contribution in [0.25, 0.3) is 34.2 Å². The number of nitrogens with one attached hydrogen (secondary N) is 2. The molecule has 6 aromatic heterocycles. The molecular formula is C45H56N8O4RuSi. The minimum Gasteiger partial charge on any atom is -0.374 e. The van der Waals surface area contributed by atoms with Crippen LogP contribution in [0.15, 0.2) is 134 Å². The van der Waals surface area contributed by atoms with Crippen LogP contribution < -0.4 is 10.6 Å². The fourth-order valence-electron chi connectivity index (χ4n) is 5.73. The fourth-order valence-corrected chi connectivity index (χ4v) is 8.34. The molecule has 0 saturated heterocycles. The SMILES string of the molecule is CCO[Si](CCCNC(=O)NCCCCc1ccnc(-c2cc(C)ccn2)c1)(OCC)OCC.[Ru].c1ccc(-c2ccccn2)nc1.c1ccc(-c2ccccn2)nc1. The van der Waals surface area contributed by atoms with Crippen LogP contribution in [0.1, 0.15) is 51.2 Å². The van der Waals surface area contributed by atoms with Crippen molar-refractivity contribution in [1.29, 1.82) is 0 Å². The summed E-state index contributed by atoms with van der Waals surface area (Å²) in [5, 5.41) is 5.84. The van der Waals surface area contributed by atoms with Gasteiger partial charge in [-0.1, -0.05) is 24.3 Å². The first-order chi connectivity index (χ1) is 28.4. The zero-order chi connectivity index (χ0) is 41.1. The van der Waals surface area contributed by atoms with Crippen LogP contribution in [-0.4, -0.2) is 77.6 Å². The van der Waals surface area contributed by atoms with Crippen molar-refractivity contribution in [3.05, 3.63) is 145 Å². The quantitative estimate of drug-likeness (QED) is 0.0634. The van der Waals surface area contributed by atoms with E-state index in [4.69, 9.17) is 13.3 Å². The Kier molecular flexibility index (Phi) is 23.2. The Morgan fingerprint density at radius 1 is 0.525 bits per heavy atom. The van der Waals surface area contributed by atoms with E-state index in [9.17, 15) is 4.79 Å². The number of aromatic nitrogens is 6. The van der Waals surface area contributed by atoms with Crippen LogP contribution in [0, 0.1) is 6.92 Å². The van der Waals surface area contributed by atoms with Crippen molar-refractivity contribution in [1.82, 2.24) is 40.5 Å². The number of pyridine rings is 6. The molecule has 6 aromatic rings. The van der Waals surface area contributed by atoms with Gasteiger partial charge in [-0.2, -0.15) is 0 Å². The van der Waals surface area contributed by atoms with Crippen molar-refractivity contribution in [3.8, 4) is 34.2 Å². The summed E-state index contributed by atoms with van der Waals surface area (Å²) in [7, 11) is -2.64. The predicted molar refractivity (Wildman–Crippen MR) is 232 cm³/mol. The van der Waals surface area contributed by atoms with Gasteiger partial charge >= 0.3 is 14.8 Å². The number of carbonyl (C=O) groups excluding carboxylic acids is 1. The first-order valence-electron chi connectivity index (χ1n) is 19.9. The van der Waals surface area contributed by atoms with Crippen molar-refractivity contribution in [3.63, 3.8) is 0 Å². The molecule has 59 heavy (non-hydrogen) atoms. The predicted octanol–water partition coefficient (Wildman–Crippen LogP) is 8.80. The van der Waals surface area contributed by atoms with Gasteiger partial charge in [-0.05, 0) is 137 Å². The minimum absolute atomic E-state index is 0. The van der Waals surface area contributed by atoms with E-state index in [1.807, 2.05) is 124 Å². The standard InChI is InChI=1S/C25H40N4O4Si.2C10H8N2.Ru/c1-5-31-34(32-6-2,33-7-3)18-10-15-29-25(30)28-14-9-8-11-22-13-17-27-24(20-22)23-19-21(4)12-16-26-23;2*1-3-7-11-9(5-1)10-6-2-4-8-12-10;/h12-13,16-17,19-20H,5-11,14-15,18H2,1-4H3,(H2,28,29,30);2*1-8H;. The molecule has 0 bridgehead atoms. The normalized spacial score (nSPS) is 10.5. The Morgan fingerprint density at radius 2 is 0.949 bits per heavy atom. The molecule has 6 rings (SSSR count). The number of unbranched alkanes of at least 4 members (excludes halogenated alkanes) is 1. The van der Waals surface area contributed by atoms with Gasteiger partial charge in [0.2, 0.25) is 0 Å². The van der Waals surface area contributed by atoms with Gasteiger partial charge in [0, 0.05) is 95.6 Å². The Labute approximate surface area is 363 Å². The van der Waals surface area contributed by atoms with Gasteiger partial charge in [-0.3, -0.25) is 29.9 Å². The molecule has 0 fully saturated rings. The molecule has 0 unspecified atom stereocenters. The third-order valence-corrected chi connectivity index (χ3v) is 11.6. The number of hydrogen-bond donors (Lipinski definition) is 2. The molecule has 2 amide bonds. The zero-order valence-corrected chi connectivity index (χ0v) is 37.2. The van der Waals surface area contributed by atoms with E-state index >= 15 is 0 Å². The Balaban J connectivity index is 0.000000298. The second-order valence-electron chi connectivity index (χ2n) is 12.9. The van der Waals surface area contributed by atoms with Gasteiger partial charge in [-0.15, -0.1) is 0 Å². The fraction of sp³-hybridized carbons (Fsp3) is 0.311. The van der Waals surface area contributed by atoms with E-state index in [2.05, 4.69) is 53.5 Å². The third-order valence-electron chi connectivity index (χ3n) is 8.40. The maximum Gasteiger partial charge on any atom is 0.500 e. The van der Waals surface area contributed by atoms with E-state index in [-0.39, 0.29) is 25.5 Å². The zero-order valence-electron chi connectivity index (χ0n) is 34.4. The monoisotopic (exact) mass is 902 g/mol. The smallest absolute Gasteiger partial charge is 0.374 e. The number of aryl methyl sites for hydroxylation is 2. The largest absolute Gasteiger partial charge is 0.500 e. The first-order valence-corrected chi connectivity index (χ1v) is 21.8. The molecule has 0 atom stereocenters. The van der Waals surface area contributed by atoms with E-state index in [0.717, 1.165) is 59.8 Å². The summed E-state index contributed by atoms with van der Waals surface area (Å²) >= 11 is 0. The number of urea groups is 1. The van der Waals surface area contributed by atoms with Gasteiger partial charge < -0.3 is 23.9 Å². The summed E-state index contributed by atoms with van der Waals surface area (Å²) in [5.41, 5.74) is 7.84. The minimum atomic E-state index is -2.64. The molecule has 0 radical (unpaired) electrons. The van der Waals surface area contributed by atoms with Crippen molar-refractivity contribution in [2.24, 2.45) is 0 Å². The number of nitrogens with zero attached hydrogens (tertiary/aromatic N) is 6. The van der Waals surface area contributed by atoms with Gasteiger partial charge in [0.25, 0.3) is 0 Å². The number of hydrogen-bond acceptors (Lipinski definition) is 10. The molecule has 14 heteroatoms. The molecule has 2 N–H and O–H groups in total. The number of carbonyl (C=O) groups is 1. The maximum absolute atomic E-state index is 12.1. The van der Waals surface area contributed by atoms with Gasteiger partial charge in [0.15, 0.2) is 0 Å². The second kappa shape index (κ2) is 28.3. The van der Waals surface area contributed by atoms with Crippen molar-refractivity contribution in [2.45, 2.75) is 59.4 Å². The Morgan fingerprint density at radius 3 is 1.37 bits per heavy atom. The van der Waals surface area contributed by atoms with Crippen LogP contribution in [-0.2, 0) is 39.2 Å². The Hall–Kier alpha value is -5.11. The van der Waals surface area contributed by atoms with Gasteiger partial charge in [0.05, 0.1) is 34.2 Å². The van der Waals surface area contributed by atoms with Crippen molar-refractivity contribution < 1.29 is 37.6 Å². The van der Waals surface area contributed by atoms with Gasteiger partial charge in [-0.25, -0.2) is 4.79 Å². The average Bonchev–Trinajstić information content (AvgIpc) is 3.27. The Bertz CT molecular complexity index is 1840. The molecule has 0 saturated carbocycles. The molecule has 0 aromatic carbocycles. The average molecular weight is 902 g/mol. The summed E-state index contributed by atoms with van der Waals surface area (Å²) in [4.78, 5) is 37.7. The summed E-state index contributed by atoms with van der Waals surface area (Å²) in [6.07, 6.45) is 14.3. The topological polar surface area (TPSA) is 146 Å². The van der Waals surface area contributed by atoms with E-state index in [1.165, 1.54) is 11.1 Å². The van der Waals surface area contributed by atoms with Crippen molar-refractivity contribution >= 4 is 14.8 Å². The van der Waals surface area contributed by atoms with Gasteiger partial charge in [0.1, 0.15) is 0 Å². The second-order valence-corrected chi connectivity index (χ2v) is 15.6. The molecule has 6 heterocycles. The summed E-state index contributed by atoms with van der Waals surface area (Å²) in [5.74, 6) is 0. The summed E-state index contributed by atoms with van der Waals surface area (Å²) in [6.45, 7) is 10.8. The van der Waals surface area contributed by atoms with Crippen LogP contribution >= 0.6 is 0 Å². The first kappa shape index (κ1) is 48.3. The van der Waals surface area contributed by atoms with Crippen LogP contribution in [0.4, 0.5) is 4.79 Å². The van der Waals surface area contributed by atoms with Crippen LogP contribution in [0.2, 0.25) is 6.04 Å².